The van der Waals surface area contributed by atoms with Crippen molar-refractivity contribution in [3.63, 3.8) is 0 Å². The minimum absolute atomic E-state index is 0.772. The zero-order chi connectivity index (χ0) is 19.6. The van der Waals surface area contributed by atoms with Crippen LogP contribution in [-0.4, -0.2) is 16.5 Å². The number of rotatable bonds is 11. The molecule has 1 aromatic heterocycles. The van der Waals surface area contributed by atoms with Crippen LogP contribution in [0.3, 0.4) is 0 Å². The average molecular weight is 440 g/mol. The van der Waals surface area contributed by atoms with Crippen LogP contribution in [0.15, 0.2) is 53.0 Å². The first kappa shape index (κ1) is 20.8. The van der Waals surface area contributed by atoms with Crippen molar-refractivity contribution in [1.82, 2.24) is 9.97 Å². The van der Waals surface area contributed by atoms with Crippen molar-refractivity contribution >= 4 is 32.7 Å². The summed E-state index contributed by atoms with van der Waals surface area (Å²) in [6.07, 6.45) is 10.6. The topological polar surface area (TPSA) is 37.8 Å². The van der Waals surface area contributed by atoms with Gasteiger partial charge in [0, 0.05) is 22.0 Å². The van der Waals surface area contributed by atoms with E-state index in [9.17, 15) is 0 Å². The van der Waals surface area contributed by atoms with Crippen molar-refractivity contribution in [2.45, 2.75) is 58.3 Å². The van der Waals surface area contributed by atoms with Gasteiger partial charge in [0.2, 0.25) is 0 Å². The van der Waals surface area contributed by atoms with Gasteiger partial charge in [-0.25, -0.2) is 9.97 Å². The predicted octanol–water partition coefficient (Wildman–Crippen LogP) is 7.61. The van der Waals surface area contributed by atoms with E-state index in [0.717, 1.165) is 39.1 Å². The van der Waals surface area contributed by atoms with Crippen LogP contribution in [0.5, 0.6) is 0 Å². The molecule has 3 nitrogen and oxygen atoms in total. The van der Waals surface area contributed by atoms with Crippen LogP contribution < -0.4 is 5.32 Å². The van der Waals surface area contributed by atoms with Gasteiger partial charge in [0.1, 0.15) is 5.82 Å². The first-order valence-electron chi connectivity index (χ1n) is 10.5. The number of unbranched alkanes of at least 4 members (excludes halogenated alkanes) is 7. The maximum atomic E-state index is 4.84. The van der Waals surface area contributed by atoms with E-state index in [1.165, 1.54) is 51.4 Å². The summed E-state index contributed by atoms with van der Waals surface area (Å²) in [6, 6.07) is 16.4. The second kappa shape index (κ2) is 11.2. The van der Waals surface area contributed by atoms with Crippen LogP contribution in [0.25, 0.3) is 22.3 Å². The number of nitrogens with zero attached hydrogens (tertiary/aromatic N) is 2. The van der Waals surface area contributed by atoms with E-state index in [-0.39, 0.29) is 0 Å². The second-order valence-electron chi connectivity index (χ2n) is 7.32. The average Bonchev–Trinajstić information content (AvgIpc) is 2.73. The molecular formula is C24H30BrN3. The van der Waals surface area contributed by atoms with E-state index in [4.69, 9.17) is 9.97 Å². The number of hydrogen-bond donors (Lipinski definition) is 1. The van der Waals surface area contributed by atoms with Gasteiger partial charge in [-0.05, 0) is 24.6 Å². The standard InChI is InChI=1S/C24H30BrN3/c1-2-3-4-5-6-7-8-12-17-26-24-21-18-20(25)15-16-22(21)27-23(28-24)19-13-10-9-11-14-19/h9-11,13-16,18H,2-8,12,17H2,1H3,(H,26,27,28). The molecule has 0 atom stereocenters. The minimum atomic E-state index is 0.772. The van der Waals surface area contributed by atoms with E-state index in [0.29, 0.717) is 0 Å². The van der Waals surface area contributed by atoms with Crippen LogP contribution in [0.4, 0.5) is 5.82 Å². The third-order valence-corrected chi connectivity index (χ3v) is 5.51. The van der Waals surface area contributed by atoms with Crippen molar-refractivity contribution in [2.75, 3.05) is 11.9 Å². The highest BCUT2D eigenvalue weighted by Crippen LogP contribution is 2.27. The molecule has 3 rings (SSSR count). The van der Waals surface area contributed by atoms with Crippen molar-refractivity contribution in [2.24, 2.45) is 0 Å². The van der Waals surface area contributed by atoms with Gasteiger partial charge in [0.15, 0.2) is 5.82 Å². The predicted molar refractivity (Wildman–Crippen MR) is 124 cm³/mol. The Labute approximate surface area is 177 Å². The summed E-state index contributed by atoms with van der Waals surface area (Å²) in [5.41, 5.74) is 2.01. The monoisotopic (exact) mass is 439 g/mol. The Bertz CT molecular complexity index is 864. The Kier molecular flexibility index (Phi) is 8.28. The Morgan fingerprint density at radius 1 is 0.821 bits per heavy atom. The van der Waals surface area contributed by atoms with Gasteiger partial charge in [-0.15, -0.1) is 0 Å². The molecule has 1 N–H and O–H groups in total. The van der Waals surface area contributed by atoms with Gasteiger partial charge in [-0.1, -0.05) is 98.1 Å². The largest absolute Gasteiger partial charge is 0.369 e. The fraction of sp³-hybridized carbons (Fsp3) is 0.417. The molecule has 28 heavy (non-hydrogen) atoms. The molecule has 0 bridgehead atoms. The highest BCUT2D eigenvalue weighted by atomic mass is 79.9. The molecule has 2 aromatic carbocycles. The lowest BCUT2D eigenvalue weighted by molar-refractivity contribution is 0.581. The molecule has 3 aromatic rings. The number of anilines is 1. The SMILES string of the molecule is CCCCCCCCCCNc1nc(-c2ccccc2)nc2ccc(Br)cc12. The fourth-order valence-electron chi connectivity index (χ4n) is 3.42. The molecule has 1 heterocycles. The molecule has 0 aliphatic heterocycles. The first-order valence-corrected chi connectivity index (χ1v) is 11.3. The Balaban J connectivity index is 1.63. The molecule has 0 saturated carbocycles. The number of halogens is 1. The van der Waals surface area contributed by atoms with Gasteiger partial charge in [0.05, 0.1) is 5.52 Å². The highest BCUT2D eigenvalue weighted by molar-refractivity contribution is 9.10. The zero-order valence-corrected chi connectivity index (χ0v) is 18.3. The number of benzene rings is 2. The summed E-state index contributed by atoms with van der Waals surface area (Å²) in [4.78, 5) is 9.61. The normalized spacial score (nSPS) is 11.1. The zero-order valence-electron chi connectivity index (χ0n) is 16.8. The molecule has 0 spiro atoms. The summed E-state index contributed by atoms with van der Waals surface area (Å²) in [6.45, 7) is 3.21. The van der Waals surface area contributed by atoms with Crippen LogP contribution in [0.1, 0.15) is 58.3 Å². The molecule has 4 heteroatoms. The summed E-state index contributed by atoms with van der Waals surface area (Å²) in [5, 5.41) is 4.63. The fourth-order valence-corrected chi connectivity index (χ4v) is 3.78. The molecule has 0 unspecified atom stereocenters. The number of fused-ring (bicyclic) bond motifs is 1. The number of hydrogen-bond acceptors (Lipinski definition) is 3. The maximum Gasteiger partial charge on any atom is 0.162 e. The van der Waals surface area contributed by atoms with Gasteiger partial charge < -0.3 is 5.32 Å². The van der Waals surface area contributed by atoms with Gasteiger partial charge in [0.25, 0.3) is 0 Å². The lowest BCUT2D eigenvalue weighted by Crippen LogP contribution is -2.06. The summed E-state index contributed by atoms with van der Waals surface area (Å²) < 4.78 is 1.05. The number of nitrogens with one attached hydrogen (secondary N) is 1. The van der Waals surface area contributed by atoms with E-state index in [1.807, 2.05) is 24.3 Å². The van der Waals surface area contributed by atoms with Gasteiger partial charge >= 0.3 is 0 Å². The van der Waals surface area contributed by atoms with Gasteiger partial charge in [-0.3, -0.25) is 0 Å². The van der Waals surface area contributed by atoms with E-state index < -0.39 is 0 Å². The molecule has 0 aliphatic carbocycles. The smallest absolute Gasteiger partial charge is 0.162 e. The van der Waals surface area contributed by atoms with E-state index in [1.54, 1.807) is 0 Å². The molecule has 0 saturated heterocycles. The highest BCUT2D eigenvalue weighted by Gasteiger charge is 2.09. The second-order valence-corrected chi connectivity index (χ2v) is 8.24. The lowest BCUT2D eigenvalue weighted by Gasteiger charge is -2.11. The summed E-state index contributed by atoms with van der Waals surface area (Å²) in [7, 11) is 0. The van der Waals surface area contributed by atoms with Crippen LogP contribution >= 0.6 is 15.9 Å². The molecule has 0 aliphatic rings. The van der Waals surface area contributed by atoms with E-state index in [2.05, 4.69) is 52.4 Å². The quantitative estimate of drug-likeness (QED) is 0.312. The van der Waals surface area contributed by atoms with Gasteiger partial charge in [-0.2, -0.15) is 0 Å². The van der Waals surface area contributed by atoms with Crippen molar-refractivity contribution in [1.29, 1.82) is 0 Å². The molecular weight excluding hydrogens is 410 g/mol. The molecule has 0 fully saturated rings. The van der Waals surface area contributed by atoms with Crippen molar-refractivity contribution < 1.29 is 0 Å². The van der Waals surface area contributed by atoms with E-state index >= 15 is 0 Å². The Morgan fingerprint density at radius 3 is 2.29 bits per heavy atom. The third-order valence-electron chi connectivity index (χ3n) is 5.01. The maximum absolute atomic E-state index is 4.84. The van der Waals surface area contributed by atoms with Crippen LogP contribution in [0, 0.1) is 0 Å². The molecule has 0 radical (unpaired) electrons. The number of aromatic nitrogens is 2. The van der Waals surface area contributed by atoms with Crippen LogP contribution in [0.2, 0.25) is 0 Å². The van der Waals surface area contributed by atoms with Crippen LogP contribution in [-0.2, 0) is 0 Å². The first-order chi connectivity index (χ1) is 13.8. The summed E-state index contributed by atoms with van der Waals surface area (Å²) >= 11 is 3.57. The third kappa shape index (κ3) is 6.03. The summed E-state index contributed by atoms with van der Waals surface area (Å²) in [5.74, 6) is 1.70. The minimum Gasteiger partial charge on any atom is -0.369 e. The molecule has 0 amide bonds. The Hall–Kier alpha value is -1.94. The van der Waals surface area contributed by atoms with Crippen molar-refractivity contribution in [3.05, 3.63) is 53.0 Å². The molecule has 148 valence electrons. The van der Waals surface area contributed by atoms with Crippen molar-refractivity contribution in [3.8, 4) is 11.4 Å². The Morgan fingerprint density at radius 2 is 1.54 bits per heavy atom. The lowest BCUT2D eigenvalue weighted by atomic mass is 10.1.